The number of carbonyl (C=O) groups is 5. The van der Waals surface area contributed by atoms with Crippen LogP contribution in [-0.2, 0) is 41.6 Å². The molecule has 2 aromatic rings. The molecule has 2 heterocycles. The first kappa shape index (κ1) is 33.4. The number of hydrogen-bond acceptors (Lipinski definition) is 8. The molecule has 0 saturated carbocycles. The van der Waals surface area contributed by atoms with E-state index in [1.165, 1.54) is 6.26 Å². The number of aromatic nitrogens is 1. The van der Waals surface area contributed by atoms with E-state index in [0.29, 0.717) is 25.1 Å². The van der Waals surface area contributed by atoms with Crippen LogP contribution >= 0.6 is 0 Å². The summed E-state index contributed by atoms with van der Waals surface area (Å²) in [4.78, 5) is 65.2. The van der Waals surface area contributed by atoms with Gasteiger partial charge in [0.2, 0.25) is 23.6 Å². The first-order chi connectivity index (χ1) is 20.4. The highest BCUT2D eigenvalue weighted by Gasteiger charge is 2.50. The molecule has 4 amide bonds. The summed E-state index contributed by atoms with van der Waals surface area (Å²) >= 11 is 0. The number of benzene rings is 1. The zero-order valence-electron chi connectivity index (χ0n) is 25.5. The topological polar surface area (TPSA) is 172 Å². The van der Waals surface area contributed by atoms with Crippen molar-refractivity contribution in [2.75, 3.05) is 13.2 Å². The summed E-state index contributed by atoms with van der Waals surface area (Å²) in [6.07, 6.45) is 2.19. The van der Waals surface area contributed by atoms with E-state index in [2.05, 4.69) is 26.4 Å². The maximum atomic E-state index is 13.6. The van der Waals surface area contributed by atoms with Crippen molar-refractivity contribution < 1.29 is 33.2 Å². The largest absolute Gasteiger partial charge is 0.364 e. The number of ether oxygens (including phenoxy) is 1. The molecule has 12 nitrogen and oxygen atoms in total. The smallest absolute Gasteiger partial charge is 0.243 e. The van der Waals surface area contributed by atoms with Gasteiger partial charge in [0.15, 0.2) is 5.78 Å². The SMILES string of the molecule is CC(C)CC(NC(=O)CNC(=O)Cc1ccon1)C(=O)NC(Cc1ccccc1)C(=O)NC(CC(C)C)C(=O)C1(C)CO1. The first-order valence-electron chi connectivity index (χ1n) is 14.6. The summed E-state index contributed by atoms with van der Waals surface area (Å²) in [5.74, 6) is -2.07. The van der Waals surface area contributed by atoms with Crippen LogP contribution in [0.1, 0.15) is 58.7 Å². The van der Waals surface area contributed by atoms with Gasteiger partial charge >= 0.3 is 0 Å². The van der Waals surface area contributed by atoms with Crippen LogP contribution in [0.4, 0.5) is 0 Å². The predicted molar refractivity (Wildman–Crippen MR) is 157 cm³/mol. The standard InChI is InChI=1S/C31H43N5O7/c1-19(2)13-23(28(39)31(5)18-42-31)34-30(41)25(15-21-9-7-6-8-10-21)35-29(40)24(14-20(3)4)33-27(38)17-32-26(37)16-22-11-12-43-36-22/h6-12,19-20,23-25H,13-18H2,1-5H3,(H,32,37)(H,33,38)(H,34,41)(H,35,40). The Balaban J connectivity index is 1.70. The van der Waals surface area contributed by atoms with E-state index in [-0.39, 0.29) is 37.0 Å². The van der Waals surface area contributed by atoms with Gasteiger partial charge in [-0.3, -0.25) is 24.0 Å². The number of amides is 4. The number of epoxide rings is 1. The van der Waals surface area contributed by atoms with Crippen LogP contribution in [0.5, 0.6) is 0 Å². The van der Waals surface area contributed by atoms with Gasteiger partial charge in [-0.1, -0.05) is 63.2 Å². The molecule has 0 aliphatic carbocycles. The molecule has 1 aromatic heterocycles. The van der Waals surface area contributed by atoms with E-state index >= 15 is 0 Å². The number of rotatable bonds is 17. The third-order valence-electron chi connectivity index (χ3n) is 6.99. The molecule has 0 spiro atoms. The summed E-state index contributed by atoms with van der Waals surface area (Å²) in [7, 11) is 0. The Labute approximate surface area is 252 Å². The third kappa shape index (κ3) is 10.9. The predicted octanol–water partition coefficient (Wildman–Crippen LogP) is 1.48. The first-order valence-corrected chi connectivity index (χ1v) is 14.6. The fourth-order valence-electron chi connectivity index (χ4n) is 4.61. The van der Waals surface area contributed by atoms with E-state index in [1.807, 2.05) is 58.0 Å². The average Bonchev–Trinajstić information content (AvgIpc) is 3.49. The van der Waals surface area contributed by atoms with E-state index in [9.17, 15) is 24.0 Å². The lowest BCUT2D eigenvalue weighted by atomic mass is 9.93. The molecular weight excluding hydrogens is 554 g/mol. The van der Waals surface area contributed by atoms with Crippen LogP contribution in [-0.4, -0.2) is 71.4 Å². The highest BCUT2D eigenvalue weighted by Crippen LogP contribution is 2.29. The number of ketones is 1. The van der Waals surface area contributed by atoms with Crippen molar-refractivity contribution in [1.82, 2.24) is 26.4 Å². The van der Waals surface area contributed by atoms with Crippen molar-refractivity contribution >= 4 is 29.4 Å². The van der Waals surface area contributed by atoms with Crippen molar-refractivity contribution in [2.24, 2.45) is 11.8 Å². The van der Waals surface area contributed by atoms with Gasteiger partial charge in [0.05, 0.1) is 31.3 Å². The monoisotopic (exact) mass is 597 g/mol. The molecule has 0 bridgehead atoms. The molecule has 12 heteroatoms. The van der Waals surface area contributed by atoms with Gasteiger partial charge < -0.3 is 30.5 Å². The quantitative estimate of drug-likeness (QED) is 0.199. The number of nitrogens with zero attached hydrogens (tertiary/aromatic N) is 1. The van der Waals surface area contributed by atoms with E-state index in [4.69, 9.17) is 9.26 Å². The second-order valence-corrected chi connectivity index (χ2v) is 12.0. The Hall–Kier alpha value is -4.06. The van der Waals surface area contributed by atoms with Gasteiger partial charge in [-0.05, 0) is 37.2 Å². The highest BCUT2D eigenvalue weighted by atomic mass is 16.6. The Morgan fingerprint density at radius 3 is 2.02 bits per heavy atom. The lowest BCUT2D eigenvalue weighted by Crippen LogP contribution is -2.58. The number of Topliss-reactive ketones (excluding diaryl/α,β-unsaturated/α-hetero) is 1. The molecule has 1 aliphatic heterocycles. The Bertz CT molecular complexity index is 1240. The molecule has 234 valence electrons. The van der Waals surface area contributed by atoms with Gasteiger partial charge in [0, 0.05) is 12.5 Å². The van der Waals surface area contributed by atoms with E-state index in [0.717, 1.165) is 5.56 Å². The minimum atomic E-state index is -1.01. The van der Waals surface area contributed by atoms with Gasteiger partial charge in [0.25, 0.3) is 0 Å². The molecule has 4 unspecified atom stereocenters. The Kier molecular flexibility index (Phi) is 12.0. The van der Waals surface area contributed by atoms with Gasteiger partial charge in [-0.2, -0.15) is 0 Å². The Morgan fingerprint density at radius 1 is 0.837 bits per heavy atom. The zero-order valence-corrected chi connectivity index (χ0v) is 25.5. The van der Waals surface area contributed by atoms with Crippen molar-refractivity contribution in [2.45, 2.75) is 84.0 Å². The maximum Gasteiger partial charge on any atom is 0.243 e. The molecule has 1 fully saturated rings. The lowest BCUT2D eigenvalue weighted by Gasteiger charge is -2.27. The molecule has 1 aromatic carbocycles. The highest BCUT2D eigenvalue weighted by molar-refractivity contribution is 5.98. The normalized spacial score (nSPS) is 17.9. The summed E-state index contributed by atoms with van der Waals surface area (Å²) in [5.41, 5.74) is 0.322. The van der Waals surface area contributed by atoms with Crippen molar-refractivity contribution in [1.29, 1.82) is 0 Å². The van der Waals surface area contributed by atoms with E-state index < -0.39 is 47.4 Å². The molecule has 4 atom stereocenters. The Morgan fingerprint density at radius 2 is 1.44 bits per heavy atom. The number of carbonyl (C=O) groups excluding carboxylic acids is 5. The van der Waals surface area contributed by atoms with Crippen LogP contribution < -0.4 is 21.3 Å². The molecule has 4 N–H and O–H groups in total. The van der Waals surface area contributed by atoms with Crippen LogP contribution in [0, 0.1) is 11.8 Å². The summed E-state index contributed by atoms with van der Waals surface area (Å²) in [5, 5.41) is 14.5. The fraction of sp³-hybridized carbons (Fsp3) is 0.548. The second kappa shape index (κ2) is 15.4. The summed E-state index contributed by atoms with van der Waals surface area (Å²) in [6.45, 7) is 9.40. The fourth-order valence-corrected chi connectivity index (χ4v) is 4.61. The van der Waals surface area contributed by atoms with Crippen molar-refractivity contribution in [3.05, 3.63) is 53.9 Å². The van der Waals surface area contributed by atoms with Gasteiger partial charge in [-0.25, -0.2) is 0 Å². The minimum Gasteiger partial charge on any atom is -0.364 e. The number of hydrogen-bond donors (Lipinski definition) is 4. The molecular formula is C31H43N5O7. The van der Waals surface area contributed by atoms with E-state index in [1.54, 1.807) is 13.0 Å². The molecule has 3 rings (SSSR count). The molecule has 43 heavy (non-hydrogen) atoms. The second-order valence-electron chi connectivity index (χ2n) is 12.0. The maximum absolute atomic E-state index is 13.6. The third-order valence-corrected chi connectivity index (χ3v) is 6.99. The zero-order chi connectivity index (χ0) is 31.6. The molecule has 1 aliphatic rings. The average molecular weight is 598 g/mol. The van der Waals surface area contributed by atoms with Crippen LogP contribution in [0.2, 0.25) is 0 Å². The van der Waals surface area contributed by atoms with Crippen LogP contribution in [0.25, 0.3) is 0 Å². The summed E-state index contributed by atoms with van der Waals surface area (Å²) in [6, 6.07) is 8.01. The van der Waals surface area contributed by atoms with Crippen LogP contribution in [0.3, 0.4) is 0 Å². The lowest BCUT2D eigenvalue weighted by molar-refractivity contribution is -0.134. The van der Waals surface area contributed by atoms with Crippen molar-refractivity contribution in [3.8, 4) is 0 Å². The van der Waals surface area contributed by atoms with Gasteiger partial charge in [0.1, 0.15) is 23.9 Å². The van der Waals surface area contributed by atoms with Crippen molar-refractivity contribution in [3.63, 3.8) is 0 Å². The minimum absolute atomic E-state index is 0.0338. The molecule has 0 radical (unpaired) electrons. The van der Waals surface area contributed by atoms with Crippen LogP contribution in [0.15, 0.2) is 47.2 Å². The number of nitrogens with one attached hydrogen (secondary N) is 4. The molecule has 1 saturated heterocycles. The van der Waals surface area contributed by atoms with Gasteiger partial charge in [-0.15, -0.1) is 0 Å². The summed E-state index contributed by atoms with van der Waals surface area (Å²) < 4.78 is 10.0.